The number of amides is 1. The molecule has 6 heteroatoms. The van der Waals surface area contributed by atoms with Crippen LogP contribution in [0.25, 0.3) is 21.8 Å². The third-order valence-corrected chi connectivity index (χ3v) is 4.71. The molecule has 0 aliphatic heterocycles. The maximum absolute atomic E-state index is 14.2. The van der Waals surface area contributed by atoms with E-state index in [4.69, 9.17) is 5.73 Å². The van der Waals surface area contributed by atoms with Crippen molar-refractivity contribution in [2.24, 2.45) is 5.73 Å². The van der Waals surface area contributed by atoms with Crippen molar-refractivity contribution >= 4 is 27.7 Å². The first kappa shape index (κ1) is 17.1. The number of nitrogens with two attached hydrogens (primary N) is 1. The van der Waals surface area contributed by atoms with Crippen LogP contribution in [-0.4, -0.2) is 10.5 Å². The highest BCUT2D eigenvalue weighted by Crippen LogP contribution is 2.33. The SMILES string of the molecule is Cc1ccc2c3c(C(N)=O)cccc3n(Cc3cc(F)cc(F)c3F)c2c1. The summed E-state index contributed by atoms with van der Waals surface area (Å²) in [6.07, 6.45) is 0. The highest BCUT2D eigenvalue weighted by Gasteiger charge is 2.19. The Balaban J connectivity index is 2.06. The van der Waals surface area contributed by atoms with Crippen LogP contribution in [0.2, 0.25) is 0 Å². The standard InChI is InChI=1S/C21H15F3N2O/c1-11-5-6-14-18(7-11)26(10-12-8-13(22)9-16(23)20(12)24)17-4-2-3-15(19(14)17)21(25)27/h2-9H,10H2,1H3,(H2,25,27). The molecule has 0 aliphatic carbocycles. The maximum Gasteiger partial charge on any atom is 0.249 e. The highest BCUT2D eigenvalue weighted by atomic mass is 19.2. The van der Waals surface area contributed by atoms with E-state index in [1.165, 1.54) is 0 Å². The van der Waals surface area contributed by atoms with Gasteiger partial charge in [-0.05, 0) is 36.8 Å². The molecule has 0 unspecified atom stereocenters. The summed E-state index contributed by atoms with van der Waals surface area (Å²) < 4.78 is 43.2. The highest BCUT2D eigenvalue weighted by molar-refractivity contribution is 6.17. The molecule has 136 valence electrons. The molecule has 3 aromatic carbocycles. The monoisotopic (exact) mass is 368 g/mol. The lowest BCUT2D eigenvalue weighted by Gasteiger charge is -2.10. The van der Waals surface area contributed by atoms with E-state index < -0.39 is 23.4 Å². The van der Waals surface area contributed by atoms with Gasteiger partial charge in [-0.3, -0.25) is 4.79 Å². The summed E-state index contributed by atoms with van der Waals surface area (Å²) in [7, 11) is 0. The molecule has 4 aromatic rings. The van der Waals surface area contributed by atoms with Crippen LogP contribution in [0.1, 0.15) is 21.5 Å². The number of halogens is 3. The Morgan fingerprint density at radius 2 is 1.81 bits per heavy atom. The van der Waals surface area contributed by atoms with Gasteiger partial charge in [0, 0.05) is 33.5 Å². The van der Waals surface area contributed by atoms with Gasteiger partial charge < -0.3 is 10.3 Å². The van der Waals surface area contributed by atoms with Gasteiger partial charge in [-0.1, -0.05) is 18.2 Å². The lowest BCUT2D eigenvalue weighted by atomic mass is 10.1. The average molecular weight is 368 g/mol. The normalized spacial score (nSPS) is 11.4. The van der Waals surface area contributed by atoms with Crippen LogP contribution in [-0.2, 0) is 6.54 Å². The Morgan fingerprint density at radius 3 is 2.56 bits per heavy atom. The van der Waals surface area contributed by atoms with Crippen LogP contribution in [0.15, 0.2) is 48.5 Å². The van der Waals surface area contributed by atoms with Gasteiger partial charge in [0.05, 0.1) is 12.1 Å². The zero-order valence-corrected chi connectivity index (χ0v) is 14.4. The summed E-state index contributed by atoms with van der Waals surface area (Å²) in [5, 5.41) is 1.40. The fourth-order valence-corrected chi connectivity index (χ4v) is 3.52. The van der Waals surface area contributed by atoms with Crippen LogP contribution in [0.4, 0.5) is 13.2 Å². The molecule has 3 nitrogen and oxygen atoms in total. The minimum Gasteiger partial charge on any atom is -0.366 e. The van der Waals surface area contributed by atoms with Crippen molar-refractivity contribution in [2.75, 3.05) is 0 Å². The first-order chi connectivity index (χ1) is 12.9. The second kappa shape index (κ2) is 6.16. The van der Waals surface area contributed by atoms with Gasteiger partial charge in [0.1, 0.15) is 5.82 Å². The van der Waals surface area contributed by atoms with Crippen molar-refractivity contribution in [1.82, 2.24) is 4.57 Å². The van der Waals surface area contributed by atoms with Crippen LogP contribution < -0.4 is 5.73 Å². The molecule has 0 fully saturated rings. The molecule has 0 saturated heterocycles. The van der Waals surface area contributed by atoms with Gasteiger partial charge in [-0.2, -0.15) is 0 Å². The van der Waals surface area contributed by atoms with E-state index >= 15 is 0 Å². The summed E-state index contributed by atoms with van der Waals surface area (Å²) in [6.45, 7) is 1.81. The Kier molecular flexibility index (Phi) is 3.91. The number of carbonyl (C=O) groups excluding carboxylic acids is 1. The molecule has 0 spiro atoms. The predicted molar refractivity (Wildman–Crippen MR) is 98.1 cm³/mol. The van der Waals surface area contributed by atoms with Crippen LogP contribution >= 0.6 is 0 Å². The van der Waals surface area contributed by atoms with Crippen molar-refractivity contribution in [1.29, 1.82) is 0 Å². The number of fused-ring (bicyclic) bond motifs is 3. The number of primary amides is 1. The number of hydrogen-bond acceptors (Lipinski definition) is 1. The number of aromatic nitrogens is 1. The quantitative estimate of drug-likeness (QED) is 0.525. The summed E-state index contributed by atoms with van der Waals surface area (Å²) in [5.41, 5.74) is 8.06. The largest absolute Gasteiger partial charge is 0.366 e. The number of hydrogen-bond donors (Lipinski definition) is 1. The van der Waals surface area contributed by atoms with E-state index in [0.717, 1.165) is 22.5 Å². The number of aryl methyl sites for hydroxylation is 1. The molecular weight excluding hydrogens is 353 g/mol. The zero-order valence-electron chi connectivity index (χ0n) is 14.4. The van der Waals surface area contributed by atoms with Crippen LogP contribution in [0.5, 0.6) is 0 Å². The summed E-state index contributed by atoms with van der Waals surface area (Å²) in [4.78, 5) is 11.9. The second-order valence-corrected chi connectivity index (χ2v) is 6.53. The fourth-order valence-electron chi connectivity index (χ4n) is 3.52. The lowest BCUT2D eigenvalue weighted by molar-refractivity contribution is 0.100. The third-order valence-electron chi connectivity index (χ3n) is 4.71. The zero-order chi connectivity index (χ0) is 19.3. The topological polar surface area (TPSA) is 48.0 Å². The number of benzene rings is 3. The predicted octanol–water partition coefficient (Wildman–Crippen LogP) is 4.67. The number of rotatable bonds is 3. The molecule has 0 atom stereocenters. The molecule has 1 aromatic heterocycles. The van der Waals surface area contributed by atoms with E-state index in [1.54, 1.807) is 22.8 Å². The fraction of sp³-hybridized carbons (Fsp3) is 0.0952. The maximum atomic E-state index is 14.2. The third kappa shape index (κ3) is 2.73. The molecule has 2 N–H and O–H groups in total. The average Bonchev–Trinajstić information content (AvgIpc) is 2.92. The second-order valence-electron chi connectivity index (χ2n) is 6.53. The Bertz CT molecular complexity index is 1230. The van der Waals surface area contributed by atoms with Crippen LogP contribution in [0.3, 0.4) is 0 Å². The van der Waals surface area contributed by atoms with Gasteiger partial charge in [0.25, 0.3) is 0 Å². The van der Waals surface area contributed by atoms with Gasteiger partial charge >= 0.3 is 0 Å². The first-order valence-corrected chi connectivity index (χ1v) is 8.31. The minimum absolute atomic E-state index is 0.0911. The Morgan fingerprint density at radius 1 is 1.04 bits per heavy atom. The number of nitrogens with zero attached hydrogens (tertiary/aromatic N) is 1. The smallest absolute Gasteiger partial charge is 0.249 e. The molecular formula is C21H15F3N2O. The summed E-state index contributed by atoms with van der Waals surface area (Å²) >= 11 is 0. The molecule has 1 amide bonds. The minimum atomic E-state index is -1.24. The molecule has 27 heavy (non-hydrogen) atoms. The summed E-state index contributed by atoms with van der Waals surface area (Å²) in [6, 6.07) is 12.2. The van der Waals surface area contributed by atoms with Crippen molar-refractivity contribution in [2.45, 2.75) is 13.5 Å². The van der Waals surface area contributed by atoms with E-state index in [1.807, 2.05) is 25.1 Å². The van der Waals surface area contributed by atoms with Crippen molar-refractivity contribution < 1.29 is 18.0 Å². The van der Waals surface area contributed by atoms with Crippen molar-refractivity contribution in [3.63, 3.8) is 0 Å². The summed E-state index contributed by atoms with van der Waals surface area (Å²) in [5.74, 6) is -3.76. The van der Waals surface area contributed by atoms with Gasteiger partial charge in [0.2, 0.25) is 5.91 Å². The van der Waals surface area contributed by atoms with Crippen molar-refractivity contribution in [3.8, 4) is 0 Å². The Labute approximate surface area is 152 Å². The molecule has 0 radical (unpaired) electrons. The van der Waals surface area contributed by atoms with E-state index in [2.05, 4.69) is 0 Å². The van der Waals surface area contributed by atoms with Gasteiger partial charge in [-0.15, -0.1) is 0 Å². The van der Waals surface area contributed by atoms with E-state index in [9.17, 15) is 18.0 Å². The molecule has 0 saturated carbocycles. The van der Waals surface area contributed by atoms with E-state index in [-0.39, 0.29) is 12.1 Å². The molecule has 1 heterocycles. The van der Waals surface area contributed by atoms with Crippen molar-refractivity contribution in [3.05, 3.63) is 82.7 Å². The molecule has 0 bridgehead atoms. The van der Waals surface area contributed by atoms with Crippen LogP contribution in [0, 0.1) is 24.4 Å². The number of carbonyl (C=O) groups is 1. The van der Waals surface area contributed by atoms with Gasteiger partial charge in [0.15, 0.2) is 11.6 Å². The molecule has 4 rings (SSSR count). The first-order valence-electron chi connectivity index (χ1n) is 8.31. The van der Waals surface area contributed by atoms with E-state index in [0.29, 0.717) is 22.5 Å². The molecule has 0 aliphatic rings. The lowest BCUT2D eigenvalue weighted by Crippen LogP contribution is -2.11. The Hall–Kier alpha value is -3.28. The van der Waals surface area contributed by atoms with Gasteiger partial charge in [-0.25, -0.2) is 13.2 Å².